The van der Waals surface area contributed by atoms with Gasteiger partial charge in [-0.15, -0.1) is 0 Å². The lowest BCUT2D eigenvalue weighted by Gasteiger charge is -2.16. The van der Waals surface area contributed by atoms with Crippen molar-refractivity contribution in [1.82, 2.24) is 5.32 Å². The van der Waals surface area contributed by atoms with E-state index in [1.165, 1.54) is 6.07 Å². The maximum absolute atomic E-state index is 13.7. The van der Waals surface area contributed by atoms with Gasteiger partial charge in [0.25, 0.3) is 0 Å². The van der Waals surface area contributed by atoms with Gasteiger partial charge in [-0.2, -0.15) is 0 Å². The van der Waals surface area contributed by atoms with Crippen molar-refractivity contribution in [3.05, 3.63) is 35.4 Å². The first kappa shape index (κ1) is 13.5. The summed E-state index contributed by atoms with van der Waals surface area (Å²) >= 11 is 0. The monoisotopic (exact) mass is 280 g/mol. The van der Waals surface area contributed by atoms with E-state index in [1.807, 2.05) is 0 Å². The molecule has 0 heterocycles. The summed E-state index contributed by atoms with van der Waals surface area (Å²) in [4.78, 5) is 12.1. The van der Waals surface area contributed by atoms with Crippen molar-refractivity contribution in [2.75, 3.05) is 6.54 Å². The van der Waals surface area contributed by atoms with E-state index >= 15 is 0 Å². The van der Waals surface area contributed by atoms with Crippen LogP contribution in [0.15, 0.2) is 18.2 Å². The molecule has 0 aromatic heterocycles. The van der Waals surface area contributed by atoms with E-state index in [4.69, 9.17) is 5.73 Å². The summed E-state index contributed by atoms with van der Waals surface area (Å²) in [7, 11) is 0. The smallest absolute Gasteiger partial charge is 0.224 e. The highest BCUT2D eigenvalue weighted by atomic mass is 19.2. The number of hydrogen-bond acceptors (Lipinski definition) is 2. The van der Waals surface area contributed by atoms with E-state index in [0.717, 1.165) is 18.9 Å². The fourth-order valence-corrected chi connectivity index (χ4v) is 2.79. The van der Waals surface area contributed by atoms with Gasteiger partial charge in [-0.1, -0.05) is 12.1 Å². The Hall–Kier alpha value is -1.49. The summed E-state index contributed by atoms with van der Waals surface area (Å²) in [6.45, 7) is 0.433. The van der Waals surface area contributed by atoms with Crippen LogP contribution in [0.3, 0.4) is 0 Å². The van der Waals surface area contributed by atoms with Crippen LogP contribution < -0.4 is 11.1 Å². The first-order valence-electron chi connectivity index (χ1n) is 7.06. The summed E-state index contributed by atoms with van der Waals surface area (Å²) in [6, 6.07) is 4.15. The highest BCUT2D eigenvalue weighted by molar-refractivity contribution is 5.83. The van der Waals surface area contributed by atoms with Crippen molar-refractivity contribution >= 4 is 5.91 Å². The molecule has 3 nitrogen and oxygen atoms in total. The minimum atomic E-state index is -0.855. The van der Waals surface area contributed by atoms with Crippen LogP contribution in [0.2, 0.25) is 0 Å². The highest BCUT2D eigenvalue weighted by Crippen LogP contribution is 2.48. The quantitative estimate of drug-likeness (QED) is 0.866. The molecule has 3 atom stereocenters. The van der Waals surface area contributed by atoms with E-state index in [9.17, 15) is 13.6 Å². The number of halogens is 2. The summed E-state index contributed by atoms with van der Waals surface area (Å²) in [6.07, 6.45) is 2.79. The molecule has 20 heavy (non-hydrogen) atoms. The van der Waals surface area contributed by atoms with Gasteiger partial charge in [-0.3, -0.25) is 4.79 Å². The van der Waals surface area contributed by atoms with E-state index < -0.39 is 11.6 Å². The maximum Gasteiger partial charge on any atom is 0.224 e. The largest absolute Gasteiger partial charge is 0.352 e. The average molecular weight is 280 g/mol. The maximum atomic E-state index is 13.7. The number of nitrogens with two attached hydrogens (primary N) is 1. The summed E-state index contributed by atoms with van der Waals surface area (Å²) in [5.41, 5.74) is 5.95. The first-order chi connectivity index (χ1) is 9.61. The third kappa shape index (κ3) is 2.54. The second kappa shape index (κ2) is 5.13. The number of amides is 1. The zero-order chi connectivity index (χ0) is 14.3. The lowest BCUT2D eigenvalue weighted by molar-refractivity contribution is -0.123. The Bertz CT molecular complexity index is 531. The summed E-state index contributed by atoms with van der Waals surface area (Å²) in [5, 5.41) is 2.94. The van der Waals surface area contributed by atoms with Gasteiger partial charge in [-0.25, -0.2) is 8.78 Å². The topological polar surface area (TPSA) is 55.1 Å². The number of carbonyl (C=O) groups excluding carboxylic acids is 1. The van der Waals surface area contributed by atoms with Crippen molar-refractivity contribution in [3.63, 3.8) is 0 Å². The molecule has 1 aromatic carbocycles. The molecule has 0 spiro atoms. The normalized spacial score (nSPS) is 26.1. The molecule has 2 aliphatic carbocycles. The molecule has 108 valence electrons. The van der Waals surface area contributed by atoms with Crippen molar-refractivity contribution in [2.45, 2.75) is 31.2 Å². The van der Waals surface area contributed by atoms with Crippen LogP contribution >= 0.6 is 0 Å². The number of carbonyl (C=O) groups is 1. The molecule has 3 N–H and O–H groups in total. The Balaban J connectivity index is 1.63. The predicted octanol–water partition coefficient (Wildman–Crippen LogP) is 1.92. The zero-order valence-electron chi connectivity index (χ0n) is 11.1. The van der Waals surface area contributed by atoms with Gasteiger partial charge in [-0.05, 0) is 42.7 Å². The van der Waals surface area contributed by atoms with Crippen molar-refractivity contribution in [2.24, 2.45) is 17.6 Å². The minimum absolute atomic E-state index is 0.0288. The van der Waals surface area contributed by atoms with Gasteiger partial charge >= 0.3 is 0 Å². The molecule has 3 unspecified atom stereocenters. The molecule has 5 heteroatoms. The predicted molar refractivity (Wildman–Crippen MR) is 70.9 cm³/mol. The van der Waals surface area contributed by atoms with Gasteiger partial charge in [0.15, 0.2) is 11.6 Å². The second-order valence-corrected chi connectivity index (χ2v) is 5.78. The fourth-order valence-electron chi connectivity index (χ4n) is 2.79. The van der Waals surface area contributed by atoms with E-state index in [-0.39, 0.29) is 23.8 Å². The molecule has 1 aromatic rings. The fraction of sp³-hybridized carbons (Fsp3) is 0.533. The average Bonchev–Trinajstić information content (AvgIpc) is 3.30. The Labute approximate surface area is 116 Å². The first-order valence-corrected chi connectivity index (χ1v) is 7.06. The number of hydrogen-bond donors (Lipinski definition) is 2. The van der Waals surface area contributed by atoms with Crippen LogP contribution in [-0.2, 0) is 4.79 Å². The Morgan fingerprint density at radius 1 is 1.40 bits per heavy atom. The second-order valence-electron chi connectivity index (χ2n) is 5.78. The van der Waals surface area contributed by atoms with Crippen LogP contribution in [0.5, 0.6) is 0 Å². The van der Waals surface area contributed by atoms with Gasteiger partial charge in [0.05, 0.1) is 0 Å². The van der Waals surface area contributed by atoms with Crippen LogP contribution in [0, 0.1) is 23.5 Å². The van der Waals surface area contributed by atoms with Crippen LogP contribution in [0.4, 0.5) is 8.78 Å². The van der Waals surface area contributed by atoms with E-state index in [0.29, 0.717) is 24.4 Å². The lowest BCUT2D eigenvalue weighted by Crippen LogP contribution is -2.42. The Kier molecular flexibility index (Phi) is 3.46. The van der Waals surface area contributed by atoms with E-state index in [1.54, 1.807) is 6.07 Å². The van der Waals surface area contributed by atoms with Crippen LogP contribution in [0.25, 0.3) is 0 Å². The molecule has 0 saturated heterocycles. The number of nitrogens with one attached hydrogen (secondary N) is 1. The van der Waals surface area contributed by atoms with Crippen molar-refractivity contribution in [3.8, 4) is 0 Å². The van der Waals surface area contributed by atoms with Gasteiger partial charge in [0.1, 0.15) is 0 Å². The number of benzene rings is 1. The van der Waals surface area contributed by atoms with Crippen LogP contribution in [0.1, 0.15) is 30.7 Å². The van der Waals surface area contributed by atoms with Gasteiger partial charge in [0, 0.05) is 18.5 Å². The third-order valence-corrected chi connectivity index (χ3v) is 4.28. The van der Waals surface area contributed by atoms with Gasteiger partial charge in [0.2, 0.25) is 5.91 Å². The molecule has 2 saturated carbocycles. The van der Waals surface area contributed by atoms with Crippen molar-refractivity contribution < 1.29 is 13.6 Å². The Morgan fingerprint density at radius 2 is 2.15 bits per heavy atom. The highest BCUT2D eigenvalue weighted by Gasteiger charge is 2.46. The molecule has 1 amide bonds. The SMILES string of the molecule is NCC(NC(=O)C1CC1c1cccc(F)c1F)C1CC1. The standard InChI is InChI=1S/C15H18F2N2O/c16-12-3-1-2-9(14(12)17)10-6-11(10)15(20)19-13(7-18)8-4-5-8/h1-3,8,10-11,13H,4-7,18H2,(H,19,20). The molecule has 2 aliphatic rings. The molecular weight excluding hydrogens is 262 g/mol. The molecule has 0 bridgehead atoms. The molecular formula is C15H18F2N2O. The van der Waals surface area contributed by atoms with Gasteiger partial charge < -0.3 is 11.1 Å². The number of rotatable bonds is 5. The van der Waals surface area contributed by atoms with Crippen molar-refractivity contribution in [1.29, 1.82) is 0 Å². The molecule has 0 aliphatic heterocycles. The van der Waals surface area contributed by atoms with Crippen LogP contribution in [-0.4, -0.2) is 18.5 Å². The minimum Gasteiger partial charge on any atom is -0.352 e. The molecule has 2 fully saturated rings. The lowest BCUT2D eigenvalue weighted by atomic mass is 10.1. The zero-order valence-corrected chi connectivity index (χ0v) is 11.1. The summed E-state index contributed by atoms with van der Waals surface area (Å²) < 4.78 is 26.9. The summed E-state index contributed by atoms with van der Waals surface area (Å²) in [5.74, 6) is -1.73. The Morgan fingerprint density at radius 3 is 2.80 bits per heavy atom. The van der Waals surface area contributed by atoms with E-state index in [2.05, 4.69) is 5.32 Å². The molecule has 0 radical (unpaired) electrons. The molecule has 3 rings (SSSR count). The third-order valence-electron chi connectivity index (χ3n) is 4.28.